The van der Waals surface area contributed by atoms with Crippen LogP contribution in [0.2, 0.25) is 0 Å². The molecule has 0 saturated heterocycles. The van der Waals surface area contributed by atoms with Gasteiger partial charge in [0.15, 0.2) is 11.5 Å². The Labute approximate surface area is 91.2 Å². The third-order valence-electron chi connectivity index (χ3n) is 2.09. The quantitative estimate of drug-likeness (QED) is 0.686. The van der Waals surface area contributed by atoms with E-state index in [-0.39, 0.29) is 0 Å². The molecule has 2 heteroatoms. The first-order valence-electron chi connectivity index (χ1n) is 5.05. The fraction of sp³-hybridized carbons (Fsp3) is 0.385. The summed E-state index contributed by atoms with van der Waals surface area (Å²) in [6, 6.07) is 5.92. The second-order valence-electron chi connectivity index (χ2n) is 3.12. The van der Waals surface area contributed by atoms with Gasteiger partial charge in [-0.2, -0.15) is 0 Å². The Morgan fingerprint density at radius 2 is 2.13 bits per heavy atom. The van der Waals surface area contributed by atoms with Crippen molar-refractivity contribution >= 4 is 0 Å². The maximum Gasteiger partial charge on any atom is 0.161 e. The van der Waals surface area contributed by atoms with Crippen LogP contribution < -0.4 is 9.47 Å². The van der Waals surface area contributed by atoms with Gasteiger partial charge >= 0.3 is 0 Å². The van der Waals surface area contributed by atoms with E-state index in [4.69, 9.17) is 15.9 Å². The van der Waals surface area contributed by atoms with Gasteiger partial charge < -0.3 is 9.47 Å². The molecule has 0 spiro atoms. The second kappa shape index (κ2) is 5.98. The van der Waals surface area contributed by atoms with Crippen molar-refractivity contribution in [3.8, 4) is 23.8 Å². The van der Waals surface area contributed by atoms with Gasteiger partial charge in [0.05, 0.1) is 13.7 Å². The largest absolute Gasteiger partial charge is 0.493 e. The van der Waals surface area contributed by atoms with E-state index in [9.17, 15) is 0 Å². The van der Waals surface area contributed by atoms with Crippen molar-refractivity contribution < 1.29 is 9.47 Å². The van der Waals surface area contributed by atoms with Crippen molar-refractivity contribution in [3.63, 3.8) is 0 Å². The fourth-order valence-electron chi connectivity index (χ4n) is 1.36. The Kier molecular flexibility index (Phi) is 4.56. The summed E-state index contributed by atoms with van der Waals surface area (Å²) in [6.45, 7) is 2.59. The zero-order chi connectivity index (χ0) is 11.1. The lowest BCUT2D eigenvalue weighted by atomic mass is 10.1. The summed E-state index contributed by atoms with van der Waals surface area (Å²) in [5.74, 6) is 4.17. The van der Waals surface area contributed by atoms with E-state index in [1.165, 1.54) is 5.56 Å². The van der Waals surface area contributed by atoms with Crippen LogP contribution in [0, 0.1) is 12.3 Å². The Morgan fingerprint density at radius 3 is 2.73 bits per heavy atom. The molecule has 0 fully saturated rings. The minimum atomic E-state index is 0.639. The van der Waals surface area contributed by atoms with Crippen molar-refractivity contribution in [1.82, 2.24) is 0 Å². The standard InChI is InChI=1S/C13H16O2/c1-4-6-7-11-8-9-12(15-5-2)13(10-11)14-3/h1,8-10H,5-7H2,2-3H3. The summed E-state index contributed by atoms with van der Waals surface area (Å²) in [4.78, 5) is 0. The molecule has 0 unspecified atom stereocenters. The molecule has 1 rings (SSSR count). The predicted molar refractivity (Wildman–Crippen MR) is 61.3 cm³/mol. The molecule has 0 aliphatic heterocycles. The van der Waals surface area contributed by atoms with Crippen LogP contribution in [0.4, 0.5) is 0 Å². The van der Waals surface area contributed by atoms with E-state index in [0.717, 1.165) is 24.3 Å². The molecule has 0 aromatic heterocycles. The van der Waals surface area contributed by atoms with E-state index in [0.29, 0.717) is 6.61 Å². The van der Waals surface area contributed by atoms with Crippen LogP contribution in [0.3, 0.4) is 0 Å². The summed E-state index contributed by atoms with van der Waals surface area (Å²) in [6.07, 6.45) is 6.84. The van der Waals surface area contributed by atoms with Crippen molar-refractivity contribution in [2.24, 2.45) is 0 Å². The summed E-state index contributed by atoms with van der Waals surface area (Å²) in [5, 5.41) is 0. The third-order valence-corrected chi connectivity index (χ3v) is 2.09. The lowest BCUT2D eigenvalue weighted by Crippen LogP contribution is -1.96. The summed E-state index contributed by atoms with van der Waals surface area (Å²) >= 11 is 0. The summed E-state index contributed by atoms with van der Waals surface area (Å²) in [7, 11) is 1.64. The molecule has 1 aromatic rings. The van der Waals surface area contributed by atoms with Gasteiger partial charge in [0.2, 0.25) is 0 Å². The third kappa shape index (κ3) is 3.21. The van der Waals surface area contributed by atoms with Crippen LogP contribution in [-0.4, -0.2) is 13.7 Å². The van der Waals surface area contributed by atoms with Gasteiger partial charge in [-0.3, -0.25) is 0 Å². The Balaban J connectivity index is 2.82. The number of hydrogen-bond donors (Lipinski definition) is 0. The van der Waals surface area contributed by atoms with Gasteiger partial charge in [0.25, 0.3) is 0 Å². The van der Waals surface area contributed by atoms with Crippen LogP contribution in [0.1, 0.15) is 18.9 Å². The van der Waals surface area contributed by atoms with Gasteiger partial charge in [0.1, 0.15) is 0 Å². The van der Waals surface area contributed by atoms with E-state index in [1.54, 1.807) is 7.11 Å². The van der Waals surface area contributed by atoms with Gasteiger partial charge in [0, 0.05) is 6.42 Å². The van der Waals surface area contributed by atoms with Gasteiger partial charge in [-0.25, -0.2) is 0 Å². The average molecular weight is 204 g/mol. The van der Waals surface area contributed by atoms with Crippen molar-refractivity contribution in [2.75, 3.05) is 13.7 Å². The molecule has 0 aliphatic carbocycles. The molecular formula is C13H16O2. The minimum absolute atomic E-state index is 0.639. The molecule has 0 N–H and O–H groups in total. The van der Waals surface area contributed by atoms with Crippen molar-refractivity contribution in [1.29, 1.82) is 0 Å². The molecule has 80 valence electrons. The molecule has 0 bridgehead atoms. The van der Waals surface area contributed by atoms with Gasteiger partial charge in [-0.1, -0.05) is 6.07 Å². The number of methoxy groups -OCH3 is 1. The van der Waals surface area contributed by atoms with E-state index < -0.39 is 0 Å². The van der Waals surface area contributed by atoms with E-state index in [2.05, 4.69) is 5.92 Å². The molecule has 0 aliphatic rings. The second-order valence-corrected chi connectivity index (χ2v) is 3.12. The smallest absolute Gasteiger partial charge is 0.161 e. The summed E-state index contributed by atoms with van der Waals surface area (Å²) in [5.41, 5.74) is 1.17. The highest BCUT2D eigenvalue weighted by Crippen LogP contribution is 2.28. The van der Waals surface area contributed by atoms with Crippen LogP contribution in [-0.2, 0) is 6.42 Å². The molecular weight excluding hydrogens is 188 g/mol. The van der Waals surface area contributed by atoms with Crippen LogP contribution >= 0.6 is 0 Å². The first kappa shape index (κ1) is 11.5. The van der Waals surface area contributed by atoms with Crippen LogP contribution in [0.15, 0.2) is 18.2 Å². The highest BCUT2D eigenvalue weighted by molar-refractivity contribution is 5.43. The SMILES string of the molecule is C#CCCc1ccc(OCC)c(OC)c1. The number of ether oxygens (including phenoxy) is 2. The molecule has 0 atom stereocenters. The molecule has 0 amide bonds. The fourth-order valence-corrected chi connectivity index (χ4v) is 1.36. The maximum atomic E-state index is 5.42. The number of rotatable bonds is 5. The first-order valence-corrected chi connectivity index (χ1v) is 5.05. The monoisotopic (exact) mass is 204 g/mol. The molecule has 0 saturated carbocycles. The average Bonchev–Trinajstić information content (AvgIpc) is 2.28. The van der Waals surface area contributed by atoms with E-state index in [1.807, 2.05) is 25.1 Å². The van der Waals surface area contributed by atoms with E-state index >= 15 is 0 Å². The molecule has 0 radical (unpaired) electrons. The lowest BCUT2D eigenvalue weighted by molar-refractivity contribution is 0.310. The van der Waals surface area contributed by atoms with Crippen LogP contribution in [0.5, 0.6) is 11.5 Å². The van der Waals surface area contributed by atoms with Crippen molar-refractivity contribution in [2.45, 2.75) is 19.8 Å². The zero-order valence-electron chi connectivity index (χ0n) is 9.25. The Bertz CT molecular complexity index is 350. The number of benzene rings is 1. The zero-order valence-corrected chi connectivity index (χ0v) is 9.25. The van der Waals surface area contributed by atoms with Crippen LogP contribution in [0.25, 0.3) is 0 Å². The molecule has 1 aromatic carbocycles. The Hall–Kier alpha value is -1.62. The van der Waals surface area contributed by atoms with Gasteiger partial charge in [-0.15, -0.1) is 12.3 Å². The first-order chi connectivity index (χ1) is 7.31. The molecule has 15 heavy (non-hydrogen) atoms. The Morgan fingerprint density at radius 1 is 1.33 bits per heavy atom. The highest BCUT2D eigenvalue weighted by Gasteiger charge is 2.04. The van der Waals surface area contributed by atoms with Crippen molar-refractivity contribution in [3.05, 3.63) is 23.8 Å². The highest BCUT2D eigenvalue weighted by atomic mass is 16.5. The number of aryl methyl sites for hydroxylation is 1. The maximum absolute atomic E-state index is 5.42. The van der Waals surface area contributed by atoms with Gasteiger partial charge in [-0.05, 0) is 31.0 Å². The molecule has 2 nitrogen and oxygen atoms in total. The number of hydrogen-bond acceptors (Lipinski definition) is 2. The normalized spacial score (nSPS) is 9.40. The predicted octanol–water partition coefficient (Wildman–Crippen LogP) is 2.66. The number of terminal acetylenes is 1. The minimum Gasteiger partial charge on any atom is -0.493 e. The summed E-state index contributed by atoms with van der Waals surface area (Å²) < 4.78 is 10.7. The topological polar surface area (TPSA) is 18.5 Å². The lowest BCUT2D eigenvalue weighted by Gasteiger charge is -2.10. The molecule has 0 heterocycles.